The summed E-state index contributed by atoms with van der Waals surface area (Å²) in [6.07, 6.45) is 3.73. The highest BCUT2D eigenvalue weighted by Gasteiger charge is 2.46. The molecular weight excluding hydrogens is 186 g/mol. The Morgan fingerprint density at radius 3 is 3.00 bits per heavy atom. The third-order valence-corrected chi connectivity index (χ3v) is 2.33. The molecule has 0 bridgehead atoms. The normalized spacial score (nSPS) is 47.0. The monoisotopic (exact) mass is 191 g/mol. The zero-order valence-corrected chi connectivity index (χ0v) is 6.22. The number of rotatable bonds is 1. The third-order valence-electron chi connectivity index (χ3n) is 1.40. The van der Waals surface area contributed by atoms with E-state index in [4.69, 9.17) is 9.57 Å². The van der Waals surface area contributed by atoms with Crippen molar-refractivity contribution in [2.45, 2.75) is 10.6 Å². The van der Waals surface area contributed by atoms with Crippen molar-refractivity contribution >= 4 is 15.9 Å². The van der Waals surface area contributed by atoms with Crippen molar-refractivity contribution in [3.63, 3.8) is 0 Å². The second kappa shape index (κ2) is 1.71. The molecule has 1 N–H and O–H groups in total. The zero-order valence-electron chi connectivity index (χ0n) is 4.63. The molecule has 4 heteroatoms. The minimum absolute atomic E-state index is 0.233. The van der Waals surface area contributed by atoms with Crippen LogP contribution in [-0.2, 0) is 9.57 Å². The molecule has 2 aliphatic heterocycles. The lowest BCUT2D eigenvalue weighted by molar-refractivity contribution is 0.122. The van der Waals surface area contributed by atoms with Crippen LogP contribution in [0.15, 0.2) is 12.3 Å². The summed E-state index contributed by atoms with van der Waals surface area (Å²) >= 11 is 3.42. The molecule has 0 aromatic heterocycles. The SMILES string of the molecule is BrC1(C2CO2)C=CON1. The van der Waals surface area contributed by atoms with E-state index in [1.165, 1.54) is 0 Å². The Kier molecular flexibility index (Phi) is 1.09. The minimum Gasteiger partial charge on any atom is -0.415 e. The van der Waals surface area contributed by atoms with Crippen LogP contribution in [-0.4, -0.2) is 17.2 Å². The van der Waals surface area contributed by atoms with Crippen molar-refractivity contribution < 1.29 is 9.57 Å². The van der Waals surface area contributed by atoms with Gasteiger partial charge >= 0.3 is 0 Å². The molecule has 3 nitrogen and oxygen atoms in total. The smallest absolute Gasteiger partial charge is 0.158 e. The predicted molar refractivity (Wildman–Crippen MR) is 34.8 cm³/mol. The highest BCUT2D eigenvalue weighted by atomic mass is 79.9. The Labute approximate surface area is 61.1 Å². The number of hydrogen-bond donors (Lipinski definition) is 1. The summed E-state index contributed by atoms with van der Waals surface area (Å²) in [7, 11) is 0. The first-order valence-corrected chi connectivity index (χ1v) is 3.52. The summed E-state index contributed by atoms with van der Waals surface area (Å²) in [5.74, 6) is 0. The van der Waals surface area contributed by atoms with E-state index in [0.717, 1.165) is 6.61 Å². The molecule has 2 unspecified atom stereocenters. The second-order valence-electron chi connectivity index (χ2n) is 2.11. The Morgan fingerprint density at radius 1 is 1.78 bits per heavy atom. The molecule has 2 heterocycles. The molecule has 50 valence electrons. The maximum absolute atomic E-state index is 5.05. The number of hydrogen-bond acceptors (Lipinski definition) is 3. The Hall–Kier alpha value is -0.0600. The highest BCUT2D eigenvalue weighted by Crippen LogP contribution is 2.33. The van der Waals surface area contributed by atoms with E-state index < -0.39 is 0 Å². The first-order chi connectivity index (χ1) is 4.31. The summed E-state index contributed by atoms with van der Waals surface area (Å²) in [4.78, 5) is 4.80. The molecule has 1 fully saturated rings. The molecular formula is C5H6BrNO2. The van der Waals surface area contributed by atoms with Gasteiger partial charge in [0.1, 0.15) is 12.4 Å². The maximum atomic E-state index is 5.05. The number of hydroxylamine groups is 1. The van der Waals surface area contributed by atoms with Gasteiger partial charge in [0.25, 0.3) is 0 Å². The second-order valence-corrected chi connectivity index (χ2v) is 3.42. The van der Waals surface area contributed by atoms with Gasteiger partial charge in [-0.3, -0.25) is 0 Å². The summed E-state index contributed by atoms with van der Waals surface area (Å²) in [5, 5.41) is 0. The lowest BCUT2D eigenvalue weighted by Crippen LogP contribution is -2.37. The number of epoxide rings is 1. The van der Waals surface area contributed by atoms with Crippen LogP contribution < -0.4 is 5.48 Å². The van der Waals surface area contributed by atoms with Crippen molar-refractivity contribution in [2.24, 2.45) is 0 Å². The fraction of sp³-hybridized carbons (Fsp3) is 0.600. The summed E-state index contributed by atoms with van der Waals surface area (Å²) in [5.41, 5.74) is 2.78. The standard InChI is InChI=1S/C5H6BrNO2/c6-5(4-3-8-4)1-2-9-7-5/h1-2,4,7H,3H2. The topological polar surface area (TPSA) is 33.8 Å². The molecule has 0 aromatic carbocycles. The van der Waals surface area contributed by atoms with Crippen LogP contribution >= 0.6 is 15.9 Å². The summed E-state index contributed by atoms with van der Waals surface area (Å²) < 4.78 is 4.80. The maximum Gasteiger partial charge on any atom is 0.158 e. The van der Waals surface area contributed by atoms with Gasteiger partial charge in [-0.2, -0.15) is 0 Å². The van der Waals surface area contributed by atoms with Crippen LogP contribution in [0.5, 0.6) is 0 Å². The van der Waals surface area contributed by atoms with Crippen molar-refractivity contribution in [1.82, 2.24) is 5.48 Å². The van der Waals surface area contributed by atoms with Crippen molar-refractivity contribution in [2.75, 3.05) is 6.61 Å². The van der Waals surface area contributed by atoms with E-state index >= 15 is 0 Å². The molecule has 0 spiro atoms. The number of ether oxygens (including phenoxy) is 1. The lowest BCUT2D eigenvalue weighted by atomic mass is 10.2. The van der Waals surface area contributed by atoms with Gasteiger partial charge in [0, 0.05) is 0 Å². The molecule has 9 heavy (non-hydrogen) atoms. The molecule has 0 saturated carbocycles. The van der Waals surface area contributed by atoms with Crippen LogP contribution in [0.1, 0.15) is 0 Å². The van der Waals surface area contributed by atoms with Crippen LogP contribution in [0.2, 0.25) is 0 Å². The lowest BCUT2D eigenvalue weighted by Gasteiger charge is -2.14. The average Bonchev–Trinajstić information content (AvgIpc) is 2.60. The van der Waals surface area contributed by atoms with Gasteiger partial charge in [-0.25, -0.2) is 0 Å². The Balaban J connectivity index is 2.12. The van der Waals surface area contributed by atoms with Crippen LogP contribution in [0.4, 0.5) is 0 Å². The highest BCUT2D eigenvalue weighted by molar-refractivity contribution is 9.10. The Morgan fingerprint density at radius 2 is 2.56 bits per heavy atom. The summed E-state index contributed by atoms with van der Waals surface area (Å²) in [6.45, 7) is 0.798. The predicted octanol–water partition coefficient (Wildman–Crippen LogP) is 0.525. The Bertz CT molecular complexity index is 157. The minimum atomic E-state index is -0.257. The van der Waals surface area contributed by atoms with E-state index in [-0.39, 0.29) is 10.6 Å². The van der Waals surface area contributed by atoms with Gasteiger partial charge in [0.2, 0.25) is 0 Å². The number of halogens is 1. The van der Waals surface area contributed by atoms with E-state index in [1.54, 1.807) is 6.26 Å². The fourth-order valence-electron chi connectivity index (χ4n) is 0.755. The number of alkyl halides is 1. The van der Waals surface area contributed by atoms with Gasteiger partial charge in [-0.1, -0.05) is 15.9 Å². The van der Waals surface area contributed by atoms with Crippen molar-refractivity contribution in [1.29, 1.82) is 0 Å². The quantitative estimate of drug-likeness (QED) is 0.373. The van der Waals surface area contributed by atoms with Crippen LogP contribution in [0, 0.1) is 0 Å². The van der Waals surface area contributed by atoms with Gasteiger partial charge in [0.15, 0.2) is 4.45 Å². The molecule has 0 aromatic rings. The molecule has 2 aliphatic rings. The molecule has 1 saturated heterocycles. The first-order valence-electron chi connectivity index (χ1n) is 2.72. The van der Waals surface area contributed by atoms with Gasteiger partial charge in [0.05, 0.1) is 6.61 Å². The third kappa shape index (κ3) is 0.870. The largest absolute Gasteiger partial charge is 0.415 e. The average molecular weight is 192 g/mol. The van der Waals surface area contributed by atoms with Gasteiger partial charge < -0.3 is 9.57 Å². The molecule has 0 amide bonds. The number of nitrogens with one attached hydrogen (secondary N) is 1. The van der Waals surface area contributed by atoms with Crippen molar-refractivity contribution in [3.05, 3.63) is 12.3 Å². The first kappa shape index (κ1) is 5.70. The fourth-order valence-corrected chi connectivity index (χ4v) is 1.22. The van der Waals surface area contributed by atoms with E-state index in [1.807, 2.05) is 6.08 Å². The zero-order chi connectivity index (χ0) is 6.32. The van der Waals surface area contributed by atoms with Crippen LogP contribution in [0.25, 0.3) is 0 Å². The van der Waals surface area contributed by atoms with Crippen molar-refractivity contribution in [3.8, 4) is 0 Å². The summed E-state index contributed by atoms with van der Waals surface area (Å²) in [6, 6.07) is 0. The van der Waals surface area contributed by atoms with E-state index in [0.29, 0.717) is 0 Å². The molecule has 2 rings (SSSR count). The van der Waals surface area contributed by atoms with E-state index in [2.05, 4.69) is 21.4 Å². The van der Waals surface area contributed by atoms with Gasteiger partial charge in [-0.05, 0) is 6.08 Å². The van der Waals surface area contributed by atoms with Crippen LogP contribution in [0.3, 0.4) is 0 Å². The molecule has 2 atom stereocenters. The van der Waals surface area contributed by atoms with Gasteiger partial charge in [-0.15, -0.1) is 5.48 Å². The van der Waals surface area contributed by atoms with E-state index in [9.17, 15) is 0 Å². The molecule has 0 aliphatic carbocycles. The molecule has 0 radical (unpaired) electrons.